The Hall–Kier alpha value is -4.44. The fourth-order valence-electron chi connectivity index (χ4n) is 6.21. The van der Waals surface area contributed by atoms with Gasteiger partial charge in [-0.25, -0.2) is 9.59 Å². The van der Waals surface area contributed by atoms with E-state index in [-0.39, 0.29) is 23.0 Å². The zero-order valence-corrected chi connectivity index (χ0v) is 17.9. The third-order valence-corrected chi connectivity index (χ3v) is 7.51. The monoisotopic (exact) mass is 442 g/mol. The predicted octanol–water partition coefficient (Wildman–Crippen LogP) is 6.38. The molecule has 10 rings (SSSR count). The average Bonchev–Trinajstić information content (AvgIpc) is 2.84. The van der Waals surface area contributed by atoms with E-state index in [1.165, 1.54) is 5.56 Å². The molecule has 0 heterocycles. The van der Waals surface area contributed by atoms with Gasteiger partial charge in [0.25, 0.3) is 0 Å². The molecule has 0 aromatic heterocycles. The van der Waals surface area contributed by atoms with Crippen LogP contribution in [0.1, 0.15) is 65.9 Å². The van der Waals surface area contributed by atoms with Crippen LogP contribution in [-0.2, 0) is 0 Å². The van der Waals surface area contributed by atoms with Crippen LogP contribution in [0.4, 0.5) is 0 Å². The maximum Gasteiger partial charge on any atom is 0.335 e. The SMILES string of the molecule is O=C(O)c1ccc2c(c1)[C@H]1c3ccccc3[C@@H]2c2c3ccccc3c1c1cc(C(=O)O)ccc21. The summed E-state index contributed by atoms with van der Waals surface area (Å²) in [6.45, 7) is 0. The number of aromatic carboxylic acids is 2. The van der Waals surface area contributed by atoms with Crippen molar-refractivity contribution in [3.05, 3.63) is 129 Å². The zero-order valence-electron chi connectivity index (χ0n) is 17.9. The molecule has 4 heteroatoms. The number of hydrogen-bond acceptors (Lipinski definition) is 2. The molecule has 0 fully saturated rings. The van der Waals surface area contributed by atoms with Crippen LogP contribution in [0.15, 0.2) is 84.9 Å². The van der Waals surface area contributed by atoms with Gasteiger partial charge in [0.1, 0.15) is 0 Å². The second-order valence-electron chi connectivity index (χ2n) is 9.08. The molecule has 5 aliphatic carbocycles. The summed E-state index contributed by atoms with van der Waals surface area (Å²) in [4.78, 5) is 23.8. The quantitative estimate of drug-likeness (QED) is 0.305. The van der Waals surface area contributed by atoms with Crippen molar-refractivity contribution in [2.45, 2.75) is 11.8 Å². The maximum atomic E-state index is 11.9. The molecule has 0 unspecified atom stereocenters. The summed E-state index contributed by atoms with van der Waals surface area (Å²) in [5.41, 5.74) is 7.15. The van der Waals surface area contributed by atoms with Crippen molar-refractivity contribution in [3.63, 3.8) is 0 Å². The minimum Gasteiger partial charge on any atom is -0.478 e. The minimum atomic E-state index is -0.959. The van der Waals surface area contributed by atoms with Crippen LogP contribution in [0.5, 0.6) is 0 Å². The lowest BCUT2D eigenvalue weighted by Crippen LogP contribution is -2.24. The minimum absolute atomic E-state index is 0.0808. The van der Waals surface area contributed by atoms with Crippen LogP contribution in [0.2, 0.25) is 0 Å². The smallest absolute Gasteiger partial charge is 0.335 e. The first-order valence-electron chi connectivity index (χ1n) is 11.2. The van der Waals surface area contributed by atoms with E-state index in [1.54, 1.807) is 18.2 Å². The van der Waals surface area contributed by atoms with E-state index in [1.807, 2.05) is 36.4 Å². The van der Waals surface area contributed by atoms with Gasteiger partial charge in [-0.1, -0.05) is 60.7 Å². The lowest BCUT2D eigenvalue weighted by molar-refractivity contribution is 0.0686. The molecule has 34 heavy (non-hydrogen) atoms. The molecule has 4 bridgehead atoms. The second-order valence-corrected chi connectivity index (χ2v) is 9.08. The molecule has 2 N–H and O–H groups in total. The van der Waals surface area contributed by atoms with Crippen LogP contribution in [0, 0.1) is 0 Å². The van der Waals surface area contributed by atoms with Crippen LogP contribution in [0.25, 0.3) is 21.5 Å². The van der Waals surface area contributed by atoms with E-state index in [4.69, 9.17) is 0 Å². The van der Waals surface area contributed by atoms with Gasteiger partial charge >= 0.3 is 11.9 Å². The summed E-state index contributed by atoms with van der Waals surface area (Å²) < 4.78 is 0. The lowest BCUT2D eigenvalue weighted by atomic mass is 9.62. The molecular weight excluding hydrogens is 424 g/mol. The zero-order chi connectivity index (χ0) is 23.1. The second kappa shape index (κ2) is 6.55. The fourth-order valence-corrected chi connectivity index (χ4v) is 6.21. The molecule has 2 atom stereocenters. The third kappa shape index (κ3) is 2.32. The number of benzene rings is 5. The van der Waals surface area contributed by atoms with E-state index in [9.17, 15) is 19.8 Å². The molecule has 162 valence electrons. The molecular formula is C30H18O4. The van der Waals surface area contributed by atoms with Crippen molar-refractivity contribution < 1.29 is 19.8 Å². The van der Waals surface area contributed by atoms with Crippen LogP contribution in [-0.4, -0.2) is 22.2 Å². The molecule has 0 saturated heterocycles. The van der Waals surface area contributed by atoms with E-state index in [2.05, 4.69) is 30.3 Å². The Morgan fingerprint density at radius 1 is 0.500 bits per heavy atom. The van der Waals surface area contributed by atoms with Crippen LogP contribution < -0.4 is 0 Å². The Morgan fingerprint density at radius 2 is 0.971 bits per heavy atom. The van der Waals surface area contributed by atoms with E-state index in [0.717, 1.165) is 49.4 Å². The molecule has 5 aliphatic rings. The van der Waals surface area contributed by atoms with E-state index in [0.29, 0.717) is 0 Å². The molecule has 0 spiro atoms. The lowest BCUT2D eigenvalue weighted by Gasteiger charge is -2.40. The van der Waals surface area contributed by atoms with Crippen LogP contribution in [0.3, 0.4) is 0 Å². The molecule has 4 nitrogen and oxygen atoms in total. The average molecular weight is 442 g/mol. The van der Waals surface area contributed by atoms with Gasteiger partial charge < -0.3 is 10.2 Å². The third-order valence-electron chi connectivity index (χ3n) is 7.51. The van der Waals surface area contributed by atoms with Gasteiger partial charge in [-0.2, -0.15) is 0 Å². The van der Waals surface area contributed by atoms with Gasteiger partial charge in [-0.3, -0.25) is 0 Å². The summed E-state index contributed by atoms with van der Waals surface area (Å²) in [6, 6.07) is 27.6. The Kier molecular flexibility index (Phi) is 3.67. The van der Waals surface area contributed by atoms with Gasteiger partial charge in [0, 0.05) is 11.8 Å². The van der Waals surface area contributed by atoms with E-state index < -0.39 is 11.9 Å². The number of hydrogen-bond donors (Lipinski definition) is 2. The highest BCUT2D eigenvalue weighted by molar-refractivity contribution is 6.11. The number of rotatable bonds is 2. The van der Waals surface area contributed by atoms with E-state index >= 15 is 0 Å². The van der Waals surface area contributed by atoms with Crippen molar-refractivity contribution in [1.29, 1.82) is 0 Å². The fraction of sp³-hybridized carbons (Fsp3) is 0.0667. The number of carboxylic acids is 2. The first-order chi connectivity index (χ1) is 16.5. The molecule has 0 saturated carbocycles. The highest BCUT2D eigenvalue weighted by Gasteiger charge is 2.40. The van der Waals surface area contributed by atoms with Gasteiger partial charge in [-0.15, -0.1) is 0 Å². The molecule has 5 aromatic rings. The standard InChI is InChI=1S/C30H18O4/c31-29(32)15-9-11-21-23(13-15)27-19-7-3-1-5-17(19)25(21)26-18-6-2-4-8-20(18)28(27)24-14-16(30(33)34)10-12-22(24)26/h1-14,25,27H,(H,31,32)(H,33,34)/t25-,27+/m0/s1. The van der Waals surface area contributed by atoms with Crippen molar-refractivity contribution in [2.24, 2.45) is 0 Å². The topological polar surface area (TPSA) is 74.6 Å². The van der Waals surface area contributed by atoms with Crippen molar-refractivity contribution >= 4 is 33.5 Å². The first-order valence-corrected chi connectivity index (χ1v) is 11.2. The summed E-state index contributed by atoms with van der Waals surface area (Å²) >= 11 is 0. The summed E-state index contributed by atoms with van der Waals surface area (Å²) in [5, 5.41) is 23.7. The highest BCUT2D eigenvalue weighted by atomic mass is 16.4. The Morgan fingerprint density at radius 3 is 1.62 bits per heavy atom. The molecule has 0 radical (unpaired) electrons. The maximum absolute atomic E-state index is 11.9. The summed E-state index contributed by atoms with van der Waals surface area (Å²) in [6.07, 6.45) is 0. The largest absolute Gasteiger partial charge is 0.478 e. The van der Waals surface area contributed by atoms with Gasteiger partial charge in [-0.05, 0) is 79.2 Å². The van der Waals surface area contributed by atoms with Crippen molar-refractivity contribution in [3.8, 4) is 0 Å². The van der Waals surface area contributed by atoms with Gasteiger partial charge in [0.05, 0.1) is 11.1 Å². The number of carbonyl (C=O) groups is 2. The van der Waals surface area contributed by atoms with Gasteiger partial charge in [0.15, 0.2) is 0 Å². The predicted molar refractivity (Wildman–Crippen MR) is 130 cm³/mol. The summed E-state index contributed by atoms with van der Waals surface area (Å²) in [5.74, 6) is -2.19. The first kappa shape index (κ1) is 19.1. The Balaban J connectivity index is 1.75. The molecule has 5 aromatic carbocycles. The number of carboxylic acid groups (broad SMARTS) is 2. The Bertz CT molecular complexity index is 1730. The normalized spacial score (nSPS) is 17.3. The van der Waals surface area contributed by atoms with Gasteiger partial charge in [0.2, 0.25) is 0 Å². The Labute approximate surface area is 194 Å². The van der Waals surface area contributed by atoms with Crippen molar-refractivity contribution in [2.75, 3.05) is 0 Å². The molecule has 0 amide bonds. The summed E-state index contributed by atoms with van der Waals surface area (Å²) in [7, 11) is 0. The highest BCUT2D eigenvalue weighted by Crippen LogP contribution is 2.57. The van der Waals surface area contributed by atoms with Crippen molar-refractivity contribution in [1.82, 2.24) is 0 Å². The van der Waals surface area contributed by atoms with Crippen LogP contribution >= 0.6 is 0 Å². The molecule has 0 aliphatic heterocycles.